The summed E-state index contributed by atoms with van der Waals surface area (Å²) in [6.07, 6.45) is 7.02. The van der Waals surface area contributed by atoms with Crippen LogP contribution >= 0.6 is 0 Å². The summed E-state index contributed by atoms with van der Waals surface area (Å²) in [6.45, 7) is 6.91. The summed E-state index contributed by atoms with van der Waals surface area (Å²) in [5.74, 6) is 0. The Morgan fingerprint density at radius 2 is 2.00 bits per heavy atom. The molecule has 0 nitrogen and oxygen atoms in total. The highest BCUT2D eigenvalue weighted by molar-refractivity contribution is 5.83. The zero-order valence-corrected chi connectivity index (χ0v) is 10.3. The van der Waals surface area contributed by atoms with Crippen LogP contribution in [0.2, 0.25) is 0 Å². The number of hydrogen-bond donors (Lipinski definition) is 0. The quantitative estimate of drug-likeness (QED) is 0.599. The van der Waals surface area contributed by atoms with E-state index < -0.39 is 0 Å². The molecule has 0 saturated carbocycles. The normalized spacial score (nSPS) is 26.9. The van der Waals surface area contributed by atoms with Crippen LogP contribution in [-0.2, 0) is 6.42 Å². The molecule has 0 heterocycles. The molecule has 0 spiro atoms. The van der Waals surface area contributed by atoms with Gasteiger partial charge in [-0.1, -0.05) is 37.3 Å². The van der Waals surface area contributed by atoms with E-state index in [-0.39, 0.29) is 0 Å². The summed E-state index contributed by atoms with van der Waals surface area (Å²) >= 11 is 0. The first-order valence-electron chi connectivity index (χ1n) is 6.08. The van der Waals surface area contributed by atoms with Crippen LogP contribution in [0.25, 0.3) is 5.57 Å². The maximum atomic E-state index is 2.41. The summed E-state index contributed by atoms with van der Waals surface area (Å²) in [6, 6.07) is 6.73. The molecule has 0 bridgehead atoms. The highest BCUT2D eigenvalue weighted by atomic mass is 14.4. The van der Waals surface area contributed by atoms with Gasteiger partial charge in [-0.25, -0.2) is 0 Å². The molecular weight excluding hydrogens is 192 g/mol. The first kappa shape index (κ1) is 9.89. The summed E-state index contributed by atoms with van der Waals surface area (Å²) in [4.78, 5) is 0. The van der Waals surface area contributed by atoms with Crippen molar-refractivity contribution in [3.05, 3.63) is 52.6 Å². The van der Waals surface area contributed by atoms with Gasteiger partial charge in [-0.3, -0.25) is 0 Å². The SMILES string of the molecule is CC1=C2c3c(C)cccc3CC2(C)CC=C1. The molecule has 2 aliphatic carbocycles. The molecule has 82 valence electrons. The summed E-state index contributed by atoms with van der Waals surface area (Å²) in [7, 11) is 0. The predicted octanol–water partition coefficient (Wildman–Crippen LogP) is 4.29. The minimum atomic E-state index is 0.354. The number of rotatable bonds is 0. The van der Waals surface area contributed by atoms with Crippen molar-refractivity contribution in [2.45, 2.75) is 33.6 Å². The molecule has 0 radical (unpaired) electrons. The lowest BCUT2D eigenvalue weighted by Crippen LogP contribution is -2.17. The third-order valence-corrected chi connectivity index (χ3v) is 4.12. The first-order chi connectivity index (χ1) is 7.62. The zero-order valence-electron chi connectivity index (χ0n) is 10.3. The Morgan fingerprint density at radius 3 is 2.81 bits per heavy atom. The Balaban J connectivity index is 2.33. The van der Waals surface area contributed by atoms with Gasteiger partial charge in [0.25, 0.3) is 0 Å². The van der Waals surface area contributed by atoms with Gasteiger partial charge in [-0.05, 0) is 54.5 Å². The van der Waals surface area contributed by atoms with Crippen molar-refractivity contribution in [3.63, 3.8) is 0 Å². The van der Waals surface area contributed by atoms with Crippen LogP contribution in [0, 0.1) is 12.3 Å². The number of benzene rings is 1. The zero-order chi connectivity index (χ0) is 11.3. The lowest BCUT2D eigenvalue weighted by molar-refractivity contribution is 0.464. The third kappa shape index (κ3) is 1.16. The van der Waals surface area contributed by atoms with Crippen molar-refractivity contribution in [1.29, 1.82) is 0 Å². The van der Waals surface area contributed by atoms with Crippen molar-refractivity contribution < 1.29 is 0 Å². The number of allylic oxidation sites excluding steroid dienone is 4. The van der Waals surface area contributed by atoms with Crippen molar-refractivity contribution in [3.8, 4) is 0 Å². The van der Waals surface area contributed by atoms with Gasteiger partial charge in [0.15, 0.2) is 0 Å². The standard InChI is InChI=1S/C16H18/c1-11-6-4-8-13-10-16(3)9-5-7-12(2)15(16)14(11)13/h4-8H,9-10H2,1-3H3. The average Bonchev–Trinajstić information content (AvgIpc) is 2.52. The van der Waals surface area contributed by atoms with E-state index in [1.165, 1.54) is 29.5 Å². The van der Waals surface area contributed by atoms with Crippen LogP contribution in [0.15, 0.2) is 35.9 Å². The van der Waals surface area contributed by atoms with Gasteiger partial charge in [0, 0.05) is 5.41 Å². The summed E-state index contributed by atoms with van der Waals surface area (Å²) in [5, 5.41) is 0. The Kier molecular flexibility index (Phi) is 1.92. The van der Waals surface area contributed by atoms with Gasteiger partial charge in [0.2, 0.25) is 0 Å². The van der Waals surface area contributed by atoms with Crippen LogP contribution in [-0.4, -0.2) is 0 Å². The molecule has 0 N–H and O–H groups in total. The minimum absolute atomic E-state index is 0.354. The van der Waals surface area contributed by atoms with E-state index in [1.54, 1.807) is 11.1 Å². The molecule has 0 aromatic heterocycles. The van der Waals surface area contributed by atoms with Crippen LogP contribution < -0.4 is 0 Å². The minimum Gasteiger partial charge on any atom is -0.0834 e. The fraction of sp³-hybridized carbons (Fsp3) is 0.375. The van der Waals surface area contributed by atoms with Gasteiger partial charge in [-0.15, -0.1) is 0 Å². The van der Waals surface area contributed by atoms with Gasteiger partial charge < -0.3 is 0 Å². The second-order valence-electron chi connectivity index (χ2n) is 5.51. The Hall–Kier alpha value is -1.30. The molecule has 0 heteroatoms. The molecule has 16 heavy (non-hydrogen) atoms. The molecule has 1 unspecified atom stereocenters. The van der Waals surface area contributed by atoms with Gasteiger partial charge >= 0.3 is 0 Å². The molecule has 0 aliphatic heterocycles. The molecule has 3 rings (SSSR count). The fourth-order valence-corrected chi connectivity index (χ4v) is 3.47. The predicted molar refractivity (Wildman–Crippen MR) is 69.3 cm³/mol. The third-order valence-electron chi connectivity index (χ3n) is 4.12. The topological polar surface area (TPSA) is 0 Å². The second-order valence-corrected chi connectivity index (χ2v) is 5.51. The van der Waals surface area contributed by atoms with Crippen molar-refractivity contribution >= 4 is 5.57 Å². The molecule has 0 fully saturated rings. The summed E-state index contributed by atoms with van der Waals surface area (Å²) in [5.41, 5.74) is 7.93. The van der Waals surface area contributed by atoms with Crippen LogP contribution in [0.3, 0.4) is 0 Å². The average molecular weight is 210 g/mol. The van der Waals surface area contributed by atoms with Crippen LogP contribution in [0.1, 0.15) is 37.0 Å². The maximum absolute atomic E-state index is 2.41. The lowest BCUT2D eigenvalue weighted by atomic mass is 9.74. The van der Waals surface area contributed by atoms with E-state index in [0.717, 1.165) is 0 Å². The van der Waals surface area contributed by atoms with E-state index in [9.17, 15) is 0 Å². The number of hydrogen-bond acceptors (Lipinski definition) is 0. The molecule has 0 saturated heterocycles. The fourth-order valence-electron chi connectivity index (χ4n) is 3.47. The highest BCUT2D eigenvalue weighted by Gasteiger charge is 2.39. The monoisotopic (exact) mass is 210 g/mol. The number of fused-ring (bicyclic) bond motifs is 3. The Labute approximate surface area is 97.7 Å². The van der Waals surface area contributed by atoms with E-state index in [2.05, 4.69) is 51.1 Å². The molecule has 0 amide bonds. The first-order valence-corrected chi connectivity index (χ1v) is 6.08. The van der Waals surface area contributed by atoms with Gasteiger partial charge in [0.05, 0.1) is 0 Å². The second kappa shape index (κ2) is 3.10. The van der Waals surface area contributed by atoms with Gasteiger partial charge in [0.1, 0.15) is 0 Å². The molecular formula is C16H18. The molecule has 1 atom stereocenters. The summed E-state index contributed by atoms with van der Waals surface area (Å²) < 4.78 is 0. The van der Waals surface area contributed by atoms with E-state index in [1.807, 2.05) is 0 Å². The smallest absolute Gasteiger partial charge is 0.000857 e. The Morgan fingerprint density at radius 1 is 1.19 bits per heavy atom. The van der Waals surface area contributed by atoms with Crippen molar-refractivity contribution in [1.82, 2.24) is 0 Å². The maximum Gasteiger partial charge on any atom is 0.000857 e. The number of aryl methyl sites for hydroxylation is 1. The molecule has 1 aromatic carbocycles. The molecule has 2 aliphatic rings. The van der Waals surface area contributed by atoms with E-state index >= 15 is 0 Å². The van der Waals surface area contributed by atoms with E-state index in [0.29, 0.717) is 5.41 Å². The van der Waals surface area contributed by atoms with Crippen LogP contribution in [0.5, 0.6) is 0 Å². The van der Waals surface area contributed by atoms with Crippen molar-refractivity contribution in [2.75, 3.05) is 0 Å². The largest absolute Gasteiger partial charge is 0.0834 e. The van der Waals surface area contributed by atoms with E-state index in [4.69, 9.17) is 0 Å². The lowest BCUT2D eigenvalue weighted by Gasteiger charge is -2.29. The highest BCUT2D eigenvalue weighted by Crippen LogP contribution is 2.53. The Bertz CT molecular complexity index is 517. The molecule has 1 aromatic rings. The van der Waals surface area contributed by atoms with Gasteiger partial charge in [-0.2, -0.15) is 0 Å². The van der Waals surface area contributed by atoms with Crippen molar-refractivity contribution in [2.24, 2.45) is 5.41 Å². The van der Waals surface area contributed by atoms with Crippen LogP contribution in [0.4, 0.5) is 0 Å².